The van der Waals surface area contributed by atoms with Crippen molar-refractivity contribution in [3.63, 3.8) is 0 Å². The van der Waals surface area contributed by atoms with Gasteiger partial charge < -0.3 is 14.8 Å². The maximum Gasteiger partial charge on any atom is 0.170 e. The van der Waals surface area contributed by atoms with E-state index < -0.39 is 5.60 Å². The van der Waals surface area contributed by atoms with E-state index in [0.717, 1.165) is 28.0 Å². The third-order valence-electron chi connectivity index (χ3n) is 5.61. The summed E-state index contributed by atoms with van der Waals surface area (Å²) in [5.74, 6) is 1.34. The SMILES string of the molecule is CCOc1cc(CC(C#N)=CNc2ccccc2)cc2c1OC(C)(C)C=C2c1ccc(C#N)cc1. The number of nitrogens with zero attached hydrogens (tertiary/aromatic N) is 2. The standard InChI is InChI=1S/C30H27N3O2/c1-4-34-28-16-22(14-23(19-32)20-33-25-8-6-5-7-9-25)15-26-27(17-30(2,3)35-29(26)28)24-12-10-21(18-31)11-13-24/h5-13,15-17,20,33H,4,14H2,1-3H3. The maximum atomic E-state index is 9.77. The number of ether oxygens (including phenoxy) is 2. The zero-order valence-corrected chi connectivity index (χ0v) is 20.1. The van der Waals surface area contributed by atoms with Gasteiger partial charge in [-0.2, -0.15) is 10.5 Å². The monoisotopic (exact) mass is 461 g/mol. The molecule has 0 spiro atoms. The average molecular weight is 462 g/mol. The third kappa shape index (κ3) is 5.54. The molecule has 0 aromatic heterocycles. The number of nitrogens with one attached hydrogen (secondary N) is 1. The van der Waals surface area contributed by atoms with E-state index in [1.807, 2.05) is 81.4 Å². The van der Waals surface area contributed by atoms with Gasteiger partial charge in [-0.25, -0.2) is 0 Å². The molecule has 0 fully saturated rings. The summed E-state index contributed by atoms with van der Waals surface area (Å²) in [4.78, 5) is 0. The molecule has 0 radical (unpaired) electrons. The molecule has 1 N–H and O–H groups in total. The van der Waals surface area contributed by atoms with Gasteiger partial charge in [-0.15, -0.1) is 0 Å². The molecule has 35 heavy (non-hydrogen) atoms. The van der Waals surface area contributed by atoms with Crippen LogP contribution in [0.2, 0.25) is 0 Å². The molecular weight excluding hydrogens is 434 g/mol. The van der Waals surface area contributed by atoms with Gasteiger partial charge in [0.15, 0.2) is 11.5 Å². The van der Waals surface area contributed by atoms with Crippen LogP contribution in [-0.2, 0) is 6.42 Å². The molecule has 0 unspecified atom stereocenters. The Morgan fingerprint density at radius 1 is 1.06 bits per heavy atom. The number of rotatable bonds is 7. The zero-order chi connectivity index (χ0) is 24.8. The van der Waals surface area contributed by atoms with E-state index in [-0.39, 0.29) is 0 Å². The molecule has 4 rings (SSSR count). The van der Waals surface area contributed by atoms with Gasteiger partial charge in [0, 0.05) is 29.4 Å². The van der Waals surface area contributed by atoms with Crippen LogP contribution in [0.3, 0.4) is 0 Å². The summed E-state index contributed by atoms with van der Waals surface area (Å²) in [7, 11) is 0. The molecular formula is C30H27N3O2. The van der Waals surface area contributed by atoms with E-state index >= 15 is 0 Å². The topological polar surface area (TPSA) is 78.1 Å². The van der Waals surface area contributed by atoms with E-state index in [9.17, 15) is 10.5 Å². The molecule has 1 aliphatic rings. The molecule has 0 aliphatic carbocycles. The lowest BCUT2D eigenvalue weighted by molar-refractivity contribution is 0.149. The van der Waals surface area contributed by atoms with Crippen LogP contribution >= 0.6 is 0 Å². The van der Waals surface area contributed by atoms with Crippen LogP contribution in [0.25, 0.3) is 5.57 Å². The summed E-state index contributed by atoms with van der Waals surface area (Å²) in [6, 6.07) is 25.8. The first-order valence-electron chi connectivity index (χ1n) is 11.6. The number of allylic oxidation sites excluding steroid dienone is 1. The molecule has 1 heterocycles. The Balaban J connectivity index is 1.75. The van der Waals surface area contributed by atoms with Gasteiger partial charge in [0.25, 0.3) is 0 Å². The molecule has 1 aliphatic heterocycles. The van der Waals surface area contributed by atoms with Crippen LogP contribution in [0, 0.1) is 22.7 Å². The molecule has 3 aromatic rings. The number of anilines is 1. The fraction of sp³-hybridized carbons (Fsp3) is 0.200. The maximum absolute atomic E-state index is 9.77. The Morgan fingerprint density at radius 3 is 2.46 bits per heavy atom. The predicted octanol–water partition coefficient (Wildman–Crippen LogP) is 6.62. The number of hydrogen-bond acceptors (Lipinski definition) is 5. The summed E-state index contributed by atoms with van der Waals surface area (Å²) < 4.78 is 12.3. The van der Waals surface area contributed by atoms with Crippen molar-refractivity contribution in [3.05, 3.63) is 107 Å². The van der Waals surface area contributed by atoms with E-state index in [0.29, 0.717) is 35.7 Å². The first-order chi connectivity index (χ1) is 16.9. The lowest BCUT2D eigenvalue weighted by Crippen LogP contribution is -2.29. The largest absolute Gasteiger partial charge is 0.490 e. The summed E-state index contributed by atoms with van der Waals surface area (Å²) in [6.45, 7) is 6.45. The van der Waals surface area contributed by atoms with E-state index in [4.69, 9.17) is 9.47 Å². The Hall–Kier alpha value is -4.48. The number of hydrogen-bond donors (Lipinski definition) is 1. The first-order valence-corrected chi connectivity index (χ1v) is 11.6. The molecule has 3 aromatic carbocycles. The molecule has 0 saturated heterocycles. The van der Waals surface area contributed by atoms with E-state index in [1.165, 1.54) is 0 Å². The fourth-order valence-electron chi connectivity index (χ4n) is 4.06. The Bertz CT molecular complexity index is 1360. The summed E-state index contributed by atoms with van der Waals surface area (Å²) in [6.07, 6.45) is 4.27. The minimum Gasteiger partial charge on any atom is -0.490 e. The van der Waals surface area contributed by atoms with Gasteiger partial charge in [0.1, 0.15) is 5.60 Å². The zero-order valence-electron chi connectivity index (χ0n) is 20.1. The fourth-order valence-corrected chi connectivity index (χ4v) is 4.06. The van der Waals surface area contributed by atoms with Gasteiger partial charge in [-0.3, -0.25) is 0 Å². The van der Waals surface area contributed by atoms with Crippen molar-refractivity contribution in [1.82, 2.24) is 0 Å². The van der Waals surface area contributed by atoms with Gasteiger partial charge >= 0.3 is 0 Å². The van der Waals surface area contributed by atoms with Crippen molar-refractivity contribution in [2.24, 2.45) is 0 Å². The molecule has 0 bridgehead atoms. The summed E-state index contributed by atoms with van der Waals surface area (Å²) in [5, 5.41) is 22.2. The van der Waals surface area contributed by atoms with Crippen molar-refractivity contribution in [2.45, 2.75) is 32.8 Å². The number of fused-ring (bicyclic) bond motifs is 1. The van der Waals surface area contributed by atoms with Crippen molar-refractivity contribution < 1.29 is 9.47 Å². The van der Waals surface area contributed by atoms with E-state index in [1.54, 1.807) is 6.20 Å². The molecule has 0 amide bonds. The predicted molar refractivity (Wildman–Crippen MR) is 138 cm³/mol. The Labute approximate surface area is 206 Å². The third-order valence-corrected chi connectivity index (χ3v) is 5.61. The molecule has 174 valence electrons. The molecule has 5 heteroatoms. The number of nitriles is 2. The highest BCUT2D eigenvalue weighted by Gasteiger charge is 2.30. The second-order valence-corrected chi connectivity index (χ2v) is 8.82. The smallest absolute Gasteiger partial charge is 0.170 e. The lowest BCUT2D eigenvalue weighted by Gasteiger charge is -2.33. The minimum absolute atomic E-state index is 0.438. The average Bonchev–Trinajstić information content (AvgIpc) is 2.87. The highest BCUT2D eigenvalue weighted by atomic mass is 16.5. The van der Waals surface area contributed by atoms with Gasteiger partial charge in [-0.05, 0) is 79.9 Å². The van der Waals surface area contributed by atoms with Crippen LogP contribution in [0.1, 0.15) is 43.0 Å². The molecule has 5 nitrogen and oxygen atoms in total. The van der Waals surface area contributed by atoms with Crippen LogP contribution < -0.4 is 14.8 Å². The minimum atomic E-state index is -0.541. The number of para-hydroxylation sites is 1. The normalized spacial score (nSPS) is 14.0. The number of benzene rings is 3. The highest BCUT2D eigenvalue weighted by Crippen LogP contribution is 2.45. The lowest BCUT2D eigenvalue weighted by atomic mass is 9.87. The van der Waals surface area contributed by atoms with Crippen LogP contribution in [0.15, 0.2) is 84.6 Å². The quantitative estimate of drug-likeness (QED) is 0.400. The second kappa shape index (κ2) is 10.2. The van der Waals surface area contributed by atoms with Gasteiger partial charge in [0.2, 0.25) is 0 Å². The van der Waals surface area contributed by atoms with Crippen molar-refractivity contribution in [3.8, 4) is 23.6 Å². The van der Waals surface area contributed by atoms with Crippen LogP contribution in [-0.4, -0.2) is 12.2 Å². The summed E-state index contributed by atoms with van der Waals surface area (Å²) in [5.41, 5.74) is 5.43. The van der Waals surface area contributed by atoms with E-state index in [2.05, 4.69) is 29.6 Å². The molecule has 0 saturated carbocycles. The van der Waals surface area contributed by atoms with Crippen LogP contribution in [0.5, 0.6) is 11.5 Å². The Morgan fingerprint density at radius 2 is 1.80 bits per heavy atom. The summed E-state index contributed by atoms with van der Waals surface area (Å²) >= 11 is 0. The first kappa shape index (κ1) is 23.7. The van der Waals surface area contributed by atoms with Crippen molar-refractivity contribution in [1.29, 1.82) is 10.5 Å². The highest BCUT2D eigenvalue weighted by molar-refractivity contribution is 5.86. The second-order valence-electron chi connectivity index (χ2n) is 8.82. The van der Waals surface area contributed by atoms with Crippen molar-refractivity contribution in [2.75, 3.05) is 11.9 Å². The molecule has 0 atom stereocenters. The van der Waals surface area contributed by atoms with Gasteiger partial charge in [0.05, 0.1) is 24.3 Å². The van der Waals surface area contributed by atoms with Crippen molar-refractivity contribution >= 4 is 11.3 Å². The Kier molecular flexibility index (Phi) is 6.90. The van der Waals surface area contributed by atoms with Gasteiger partial charge in [-0.1, -0.05) is 30.3 Å². The van der Waals surface area contributed by atoms with Crippen LogP contribution in [0.4, 0.5) is 5.69 Å².